The van der Waals surface area contributed by atoms with Gasteiger partial charge in [0, 0.05) is 50.9 Å². The van der Waals surface area contributed by atoms with Crippen molar-refractivity contribution in [3.05, 3.63) is 17.6 Å². The van der Waals surface area contributed by atoms with Gasteiger partial charge in [-0.25, -0.2) is 14.8 Å². The highest BCUT2D eigenvalue weighted by Gasteiger charge is 2.28. The van der Waals surface area contributed by atoms with Crippen LogP contribution < -0.4 is 10.2 Å². The van der Waals surface area contributed by atoms with Gasteiger partial charge in [-0.05, 0) is 19.8 Å². The summed E-state index contributed by atoms with van der Waals surface area (Å²) in [5.74, 6) is 2.57. The van der Waals surface area contributed by atoms with Crippen molar-refractivity contribution in [3.63, 3.8) is 0 Å². The zero-order chi connectivity index (χ0) is 14.1. The minimum atomic E-state index is 0.00203. The minimum absolute atomic E-state index is 0.00203. The van der Waals surface area contributed by atoms with E-state index in [9.17, 15) is 4.79 Å². The van der Waals surface area contributed by atoms with E-state index >= 15 is 0 Å². The number of aromatic nitrogens is 2. The van der Waals surface area contributed by atoms with Gasteiger partial charge in [0.25, 0.3) is 0 Å². The molecule has 2 fully saturated rings. The molecule has 0 atom stereocenters. The molecule has 0 aromatic carbocycles. The number of carbonyl (C=O) groups excluding carboxylic acids is 1. The van der Waals surface area contributed by atoms with E-state index in [4.69, 9.17) is 4.98 Å². The molecule has 3 rings (SSSR count). The number of anilines is 1. The second kappa shape index (κ2) is 5.26. The van der Waals surface area contributed by atoms with Crippen LogP contribution in [0.3, 0.4) is 0 Å². The van der Waals surface area contributed by atoms with Crippen molar-refractivity contribution in [2.75, 3.05) is 38.1 Å². The van der Waals surface area contributed by atoms with Gasteiger partial charge in [0.1, 0.15) is 11.6 Å². The molecule has 2 amide bonds. The van der Waals surface area contributed by atoms with Crippen LogP contribution in [0.4, 0.5) is 10.6 Å². The lowest BCUT2D eigenvalue weighted by atomic mass is 10.3. The Bertz CT molecular complexity index is 506. The van der Waals surface area contributed by atoms with Crippen molar-refractivity contribution in [1.29, 1.82) is 0 Å². The Kier molecular flexibility index (Phi) is 3.46. The Labute approximate surface area is 119 Å². The summed E-state index contributed by atoms with van der Waals surface area (Å²) in [6, 6.07) is 2.05. The maximum Gasteiger partial charge on any atom is 0.317 e. The van der Waals surface area contributed by atoms with Crippen LogP contribution >= 0.6 is 0 Å². The van der Waals surface area contributed by atoms with Crippen LogP contribution in [0.15, 0.2) is 6.07 Å². The number of rotatable bonds is 2. The Hall–Kier alpha value is -1.85. The van der Waals surface area contributed by atoms with Gasteiger partial charge in [-0.3, -0.25) is 0 Å². The van der Waals surface area contributed by atoms with Gasteiger partial charge in [0.05, 0.1) is 0 Å². The molecule has 1 aliphatic carbocycles. The summed E-state index contributed by atoms with van der Waals surface area (Å²) in [6.45, 7) is 5.16. The van der Waals surface area contributed by atoms with Crippen molar-refractivity contribution in [2.45, 2.75) is 25.7 Å². The summed E-state index contributed by atoms with van der Waals surface area (Å²) in [5.41, 5.74) is 1.03. The number of nitrogens with one attached hydrogen (secondary N) is 1. The first kappa shape index (κ1) is 13.1. The van der Waals surface area contributed by atoms with Gasteiger partial charge < -0.3 is 15.1 Å². The fourth-order valence-corrected chi connectivity index (χ4v) is 2.56. The van der Waals surface area contributed by atoms with Gasteiger partial charge in [-0.2, -0.15) is 0 Å². The highest BCUT2D eigenvalue weighted by atomic mass is 16.2. The summed E-state index contributed by atoms with van der Waals surface area (Å²) in [7, 11) is 1.67. The number of amides is 2. The van der Waals surface area contributed by atoms with E-state index in [0.717, 1.165) is 43.5 Å². The standard InChI is InChI=1S/C14H21N5O/c1-10-9-12(17-13(16-10)11-3-4-11)18-5-7-19(8-6-18)14(20)15-2/h9,11H,3-8H2,1-2H3,(H,15,20). The zero-order valence-electron chi connectivity index (χ0n) is 12.1. The fraction of sp³-hybridized carbons (Fsp3) is 0.643. The highest BCUT2D eigenvalue weighted by molar-refractivity contribution is 5.74. The largest absolute Gasteiger partial charge is 0.353 e. The smallest absolute Gasteiger partial charge is 0.317 e. The molecule has 0 spiro atoms. The average Bonchev–Trinajstić information content (AvgIpc) is 3.30. The molecule has 1 N–H and O–H groups in total. The molecule has 1 saturated carbocycles. The summed E-state index contributed by atoms with van der Waals surface area (Å²) in [5, 5.41) is 2.67. The number of carbonyl (C=O) groups is 1. The molecule has 20 heavy (non-hydrogen) atoms. The van der Waals surface area contributed by atoms with Gasteiger partial charge >= 0.3 is 6.03 Å². The molecule has 0 unspecified atom stereocenters. The van der Waals surface area contributed by atoms with Crippen molar-refractivity contribution in [3.8, 4) is 0 Å². The number of urea groups is 1. The molecule has 108 valence electrons. The van der Waals surface area contributed by atoms with Crippen LogP contribution in [0.2, 0.25) is 0 Å². The lowest BCUT2D eigenvalue weighted by Gasteiger charge is -2.35. The van der Waals surface area contributed by atoms with Crippen molar-refractivity contribution in [1.82, 2.24) is 20.2 Å². The first-order valence-corrected chi connectivity index (χ1v) is 7.24. The number of hydrogen-bond acceptors (Lipinski definition) is 4. The molecule has 6 heteroatoms. The minimum Gasteiger partial charge on any atom is -0.353 e. The summed E-state index contributed by atoms with van der Waals surface area (Å²) in [6.07, 6.45) is 2.43. The topological polar surface area (TPSA) is 61.4 Å². The lowest BCUT2D eigenvalue weighted by Crippen LogP contribution is -2.51. The fourth-order valence-electron chi connectivity index (χ4n) is 2.56. The molecule has 2 aliphatic rings. The van der Waals surface area contributed by atoms with E-state index in [1.54, 1.807) is 7.05 Å². The van der Waals surface area contributed by atoms with E-state index < -0.39 is 0 Å². The number of aryl methyl sites for hydroxylation is 1. The van der Waals surface area contributed by atoms with Crippen LogP contribution in [-0.2, 0) is 0 Å². The molecule has 0 bridgehead atoms. The number of nitrogens with zero attached hydrogens (tertiary/aromatic N) is 4. The predicted molar refractivity (Wildman–Crippen MR) is 77.0 cm³/mol. The number of piperazine rings is 1. The highest BCUT2D eigenvalue weighted by Crippen LogP contribution is 2.38. The third-order valence-corrected chi connectivity index (χ3v) is 3.91. The van der Waals surface area contributed by atoms with Gasteiger partial charge in [-0.1, -0.05) is 0 Å². The van der Waals surface area contributed by atoms with Crippen LogP contribution in [0.1, 0.15) is 30.3 Å². The average molecular weight is 275 g/mol. The Morgan fingerprint density at radius 2 is 1.95 bits per heavy atom. The zero-order valence-corrected chi connectivity index (χ0v) is 12.1. The number of hydrogen-bond donors (Lipinski definition) is 1. The van der Waals surface area contributed by atoms with Gasteiger partial charge in [-0.15, -0.1) is 0 Å². The molecule has 1 aromatic heterocycles. The Morgan fingerprint density at radius 1 is 1.25 bits per heavy atom. The molecular weight excluding hydrogens is 254 g/mol. The Morgan fingerprint density at radius 3 is 2.55 bits per heavy atom. The molecule has 0 radical (unpaired) electrons. The first-order valence-electron chi connectivity index (χ1n) is 7.24. The van der Waals surface area contributed by atoms with E-state index in [1.165, 1.54) is 12.8 Å². The summed E-state index contributed by atoms with van der Waals surface area (Å²) < 4.78 is 0. The van der Waals surface area contributed by atoms with Crippen LogP contribution in [0.25, 0.3) is 0 Å². The second-order valence-corrected chi connectivity index (χ2v) is 5.53. The van der Waals surface area contributed by atoms with E-state index in [1.807, 2.05) is 17.9 Å². The van der Waals surface area contributed by atoms with Crippen LogP contribution in [0, 0.1) is 6.92 Å². The Balaban J connectivity index is 1.70. The van der Waals surface area contributed by atoms with Gasteiger partial charge in [0.15, 0.2) is 0 Å². The maximum atomic E-state index is 11.6. The third-order valence-electron chi connectivity index (χ3n) is 3.91. The SMILES string of the molecule is CNC(=O)N1CCN(c2cc(C)nc(C3CC3)n2)CC1. The van der Waals surface area contributed by atoms with E-state index in [0.29, 0.717) is 5.92 Å². The molecule has 6 nitrogen and oxygen atoms in total. The maximum absolute atomic E-state index is 11.6. The third kappa shape index (κ3) is 2.69. The molecule has 1 aliphatic heterocycles. The van der Waals surface area contributed by atoms with Crippen molar-refractivity contribution >= 4 is 11.8 Å². The van der Waals surface area contributed by atoms with Gasteiger partial charge in [0.2, 0.25) is 0 Å². The predicted octanol–water partition coefficient (Wildman–Crippen LogP) is 1.12. The first-order chi connectivity index (χ1) is 9.67. The molecule has 1 saturated heterocycles. The van der Waals surface area contributed by atoms with Crippen LogP contribution in [-0.4, -0.2) is 54.1 Å². The lowest BCUT2D eigenvalue weighted by molar-refractivity contribution is 0.196. The van der Waals surface area contributed by atoms with E-state index in [2.05, 4.69) is 15.2 Å². The summed E-state index contributed by atoms with van der Waals surface area (Å²) in [4.78, 5) is 24.9. The quantitative estimate of drug-likeness (QED) is 0.878. The second-order valence-electron chi connectivity index (χ2n) is 5.53. The molecule has 2 heterocycles. The monoisotopic (exact) mass is 275 g/mol. The van der Waals surface area contributed by atoms with Crippen molar-refractivity contribution < 1.29 is 4.79 Å². The molecule has 1 aromatic rings. The van der Waals surface area contributed by atoms with Crippen molar-refractivity contribution in [2.24, 2.45) is 0 Å². The van der Waals surface area contributed by atoms with E-state index in [-0.39, 0.29) is 6.03 Å². The molecular formula is C14H21N5O. The summed E-state index contributed by atoms with van der Waals surface area (Å²) >= 11 is 0. The van der Waals surface area contributed by atoms with Crippen LogP contribution in [0.5, 0.6) is 0 Å². The normalized spacial score (nSPS) is 19.1.